The van der Waals surface area contributed by atoms with Gasteiger partial charge in [-0.1, -0.05) is 43.7 Å². The largest absolute Gasteiger partial charge is 0.462 e. The predicted octanol–water partition coefficient (Wildman–Crippen LogP) is 3.41. The number of unbranched alkanes of at least 4 members (excludes halogenated alkanes) is 1. The van der Waals surface area contributed by atoms with Crippen LogP contribution in [0.4, 0.5) is 0 Å². The van der Waals surface area contributed by atoms with Crippen LogP contribution in [0.2, 0.25) is 0 Å². The fourth-order valence-corrected chi connectivity index (χ4v) is 0.816. The number of rotatable bonds is 6. The summed E-state index contributed by atoms with van der Waals surface area (Å²) < 4.78 is 5.05. The molecule has 0 bridgehead atoms. The van der Waals surface area contributed by atoms with Gasteiger partial charge in [-0.2, -0.15) is 0 Å². The fourth-order valence-electron chi connectivity index (χ4n) is 0.816. The highest BCUT2D eigenvalue weighted by molar-refractivity contribution is 5.88. The second-order valence-electron chi connectivity index (χ2n) is 3.45. The predicted molar refractivity (Wildman–Crippen MR) is 63.6 cm³/mol. The molecule has 0 aliphatic heterocycles. The number of hydrogen-bond acceptors (Lipinski definition) is 2. The van der Waals surface area contributed by atoms with Crippen LogP contribution in [0.25, 0.3) is 0 Å². The van der Waals surface area contributed by atoms with E-state index in [1.54, 1.807) is 19.1 Å². The average molecular weight is 208 g/mol. The van der Waals surface area contributed by atoms with Crippen molar-refractivity contribution in [3.8, 4) is 0 Å². The Kier molecular flexibility index (Phi) is 7.33. The van der Waals surface area contributed by atoms with Crippen LogP contribution >= 0.6 is 0 Å². The average Bonchev–Trinajstić information content (AvgIpc) is 2.25. The van der Waals surface area contributed by atoms with Crippen LogP contribution in [-0.4, -0.2) is 12.6 Å². The summed E-state index contributed by atoms with van der Waals surface area (Å²) >= 11 is 0. The van der Waals surface area contributed by atoms with E-state index in [0.717, 1.165) is 18.4 Å². The summed E-state index contributed by atoms with van der Waals surface area (Å²) in [5.74, 6) is -0.239. The quantitative estimate of drug-likeness (QED) is 0.289. The molecule has 0 rings (SSSR count). The minimum atomic E-state index is -0.239. The van der Waals surface area contributed by atoms with Gasteiger partial charge < -0.3 is 4.74 Å². The molecule has 15 heavy (non-hydrogen) atoms. The maximum atomic E-state index is 11.4. The van der Waals surface area contributed by atoms with Crippen LogP contribution < -0.4 is 0 Å². The van der Waals surface area contributed by atoms with E-state index in [0.29, 0.717) is 12.2 Å². The lowest BCUT2D eigenvalue weighted by Gasteiger charge is -2.02. The molecule has 0 N–H and O–H groups in total. The van der Waals surface area contributed by atoms with Gasteiger partial charge in [-0.15, -0.1) is 0 Å². The number of ether oxygens (including phenoxy) is 1. The van der Waals surface area contributed by atoms with E-state index in [4.69, 9.17) is 4.74 Å². The number of hydrogen-bond donors (Lipinski definition) is 0. The van der Waals surface area contributed by atoms with Gasteiger partial charge in [0.15, 0.2) is 0 Å². The molecule has 0 spiro atoms. The van der Waals surface area contributed by atoms with Crippen molar-refractivity contribution in [1.29, 1.82) is 0 Å². The van der Waals surface area contributed by atoms with Crippen molar-refractivity contribution in [1.82, 2.24) is 0 Å². The Hall–Kier alpha value is -1.31. The minimum absolute atomic E-state index is 0.239. The third-order valence-electron chi connectivity index (χ3n) is 1.97. The zero-order valence-electron chi connectivity index (χ0n) is 9.88. The molecule has 0 aromatic carbocycles. The van der Waals surface area contributed by atoms with Crippen molar-refractivity contribution in [2.24, 2.45) is 0 Å². The molecular weight excluding hydrogens is 188 g/mol. The highest BCUT2D eigenvalue weighted by atomic mass is 16.5. The standard InChI is InChI=1S/C13H20O2/c1-5-7-10-15-13(14)12(4)9-8-11(3)6-2/h6,8-9H,2,5,7,10H2,1,3-4H3. The summed E-state index contributed by atoms with van der Waals surface area (Å²) in [6.45, 7) is 9.88. The molecule has 0 atom stereocenters. The maximum absolute atomic E-state index is 11.4. The Morgan fingerprint density at radius 2 is 2.00 bits per heavy atom. The first kappa shape index (κ1) is 13.7. The van der Waals surface area contributed by atoms with Gasteiger partial charge in [0.05, 0.1) is 6.61 Å². The minimum Gasteiger partial charge on any atom is -0.462 e. The van der Waals surface area contributed by atoms with E-state index < -0.39 is 0 Å². The van der Waals surface area contributed by atoms with Crippen molar-refractivity contribution in [3.05, 3.63) is 36.0 Å². The molecule has 84 valence electrons. The maximum Gasteiger partial charge on any atom is 0.333 e. The van der Waals surface area contributed by atoms with E-state index in [1.165, 1.54) is 0 Å². The van der Waals surface area contributed by atoms with E-state index in [2.05, 4.69) is 13.5 Å². The zero-order chi connectivity index (χ0) is 11.7. The molecule has 0 aromatic heterocycles. The summed E-state index contributed by atoms with van der Waals surface area (Å²) in [6, 6.07) is 0. The molecule has 0 unspecified atom stereocenters. The van der Waals surface area contributed by atoms with Gasteiger partial charge in [0, 0.05) is 5.57 Å². The molecule has 0 saturated carbocycles. The molecule has 0 aromatic rings. The molecular formula is C13H20O2. The van der Waals surface area contributed by atoms with E-state index in [1.807, 2.05) is 13.0 Å². The first-order valence-electron chi connectivity index (χ1n) is 5.26. The van der Waals surface area contributed by atoms with Crippen molar-refractivity contribution < 1.29 is 9.53 Å². The molecule has 0 fully saturated rings. The molecule has 2 heteroatoms. The Balaban J connectivity index is 4.13. The van der Waals surface area contributed by atoms with Gasteiger partial charge >= 0.3 is 5.97 Å². The van der Waals surface area contributed by atoms with Crippen LogP contribution in [0, 0.1) is 0 Å². The number of esters is 1. The van der Waals surface area contributed by atoms with Crippen molar-refractivity contribution >= 4 is 5.97 Å². The number of carbonyl (C=O) groups is 1. The van der Waals surface area contributed by atoms with Crippen molar-refractivity contribution in [2.45, 2.75) is 33.6 Å². The van der Waals surface area contributed by atoms with Gasteiger partial charge in [-0.25, -0.2) is 4.79 Å². The van der Waals surface area contributed by atoms with Gasteiger partial charge in [0.1, 0.15) is 0 Å². The lowest BCUT2D eigenvalue weighted by molar-refractivity contribution is -0.139. The molecule has 0 aliphatic carbocycles. The SMILES string of the molecule is C=CC(C)=CC=C(C)C(=O)OCCCC. The third-order valence-corrected chi connectivity index (χ3v) is 1.97. The van der Waals surface area contributed by atoms with Crippen molar-refractivity contribution in [2.75, 3.05) is 6.61 Å². The molecule has 2 nitrogen and oxygen atoms in total. The Morgan fingerprint density at radius 3 is 2.53 bits per heavy atom. The molecule has 0 amide bonds. The molecule has 0 saturated heterocycles. The summed E-state index contributed by atoms with van der Waals surface area (Å²) in [5, 5.41) is 0. The number of allylic oxidation sites excluding steroid dienone is 4. The number of carbonyl (C=O) groups excluding carboxylic acids is 1. The molecule has 0 aliphatic rings. The summed E-state index contributed by atoms with van der Waals surface area (Å²) in [4.78, 5) is 11.4. The second-order valence-corrected chi connectivity index (χ2v) is 3.45. The van der Waals surface area contributed by atoms with E-state index in [9.17, 15) is 4.79 Å². The lowest BCUT2D eigenvalue weighted by atomic mass is 10.2. The first-order valence-corrected chi connectivity index (χ1v) is 5.26. The molecule has 0 heterocycles. The van der Waals surface area contributed by atoms with Gasteiger partial charge in [0.25, 0.3) is 0 Å². The van der Waals surface area contributed by atoms with E-state index >= 15 is 0 Å². The summed E-state index contributed by atoms with van der Waals surface area (Å²) in [5.41, 5.74) is 1.64. The Morgan fingerprint density at radius 1 is 1.33 bits per heavy atom. The normalized spacial score (nSPS) is 12.5. The Bertz CT molecular complexity index is 272. The van der Waals surface area contributed by atoms with Crippen LogP contribution in [-0.2, 0) is 9.53 Å². The van der Waals surface area contributed by atoms with E-state index in [-0.39, 0.29) is 5.97 Å². The smallest absolute Gasteiger partial charge is 0.333 e. The summed E-state index contributed by atoms with van der Waals surface area (Å²) in [6.07, 6.45) is 7.30. The van der Waals surface area contributed by atoms with Crippen LogP contribution in [0.3, 0.4) is 0 Å². The van der Waals surface area contributed by atoms with Gasteiger partial charge in [-0.3, -0.25) is 0 Å². The van der Waals surface area contributed by atoms with Crippen molar-refractivity contribution in [3.63, 3.8) is 0 Å². The highest BCUT2D eigenvalue weighted by Crippen LogP contribution is 2.01. The zero-order valence-corrected chi connectivity index (χ0v) is 9.88. The highest BCUT2D eigenvalue weighted by Gasteiger charge is 2.03. The van der Waals surface area contributed by atoms with Crippen LogP contribution in [0.15, 0.2) is 36.0 Å². The Labute approximate surface area is 92.3 Å². The summed E-state index contributed by atoms with van der Waals surface area (Å²) in [7, 11) is 0. The van der Waals surface area contributed by atoms with Crippen LogP contribution in [0.1, 0.15) is 33.6 Å². The topological polar surface area (TPSA) is 26.3 Å². The third kappa shape index (κ3) is 6.72. The lowest BCUT2D eigenvalue weighted by Crippen LogP contribution is -2.06. The fraction of sp³-hybridized carbons (Fsp3) is 0.462. The first-order chi connectivity index (χ1) is 7.11. The monoisotopic (exact) mass is 208 g/mol. The second kappa shape index (κ2) is 8.04. The molecule has 0 radical (unpaired) electrons. The van der Waals surface area contributed by atoms with Gasteiger partial charge in [0.2, 0.25) is 0 Å². The van der Waals surface area contributed by atoms with Gasteiger partial charge in [-0.05, 0) is 20.3 Å². The van der Waals surface area contributed by atoms with Crippen LogP contribution in [0.5, 0.6) is 0 Å².